The van der Waals surface area contributed by atoms with Crippen LogP contribution < -0.4 is 4.72 Å². The van der Waals surface area contributed by atoms with Gasteiger partial charge in [0.05, 0.1) is 10.4 Å². The molecule has 0 atom stereocenters. The number of carboxylic acids is 1. The number of carboxylic acid groups (broad SMARTS) is 1. The molecule has 8 heteroatoms. The molecule has 2 N–H and O–H groups in total. The zero-order valence-electron chi connectivity index (χ0n) is 11.7. The minimum atomic E-state index is -4.17. The third-order valence-electron chi connectivity index (χ3n) is 3.61. The van der Waals surface area contributed by atoms with Crippen molar-refractivity contribution >= 4 is 27.6 Å². The summed E-state index contributed by atoms with van der Waals surface area (Å²) >= 11 is 5.55. The summed E-state index contributed by atoms with van der Waals surface area (Å²) in [5, 5.41) is 8.95. The molecule has 0 heterocycles. The second-order valence-corrected chi connectivity index (χ2v) is 6.81. The van der Waals surface area contributed by atoms with Gasteiger partial charge in [0, 0.05) is 6.54 Å². The second kappa shape index (κ2) is 6.72. The molecule has 0 aromatic heterocycles. The molecule has 1 aromatic rings. The highest BCUT2D eigenvalue weighted by Gasteiger charge is 2.36. The number of aliphatic carboxylic acids is 1. The molecule has 0 bridgehead atoms. The van der Waals surface area contributed by atoms with Crippen molar-refractivity contribution in [3.63, 3.8) is 0 Å². The van der Waals surface area contributed by atoms with E-state index < -0.39 is 32.1 Å². The Hall–Kier alpha value is -1.18. The van der Waals surface area contributed by atoms with Crippen LogP contribution in [0, 0.1) is 11.2 Å². The van der Waals surface area contributed by atoms with E-state index >= 15 is 0 Å². The van der Waals surface area contributed by atoms with Crippen LogP contribution in [0.4, 0.5) is 4.39 Å². The lowest BCUT2D eigenvalue weighted by atomic mass is 9.83. The highest BCUT2D eigenvalue weighted by Crippen LogP contribution is 2.27. The van der Waals surface area contributed by atoms with E-state index in [4.69, 9.17) is 11.6 Å². The molecule has 1 rings (SSSR count). The minimum Gasteiger partial charge on any atom is -0.481 e. The normalized spacial score (nSPS) is 12.4. The first-order valence-corrected chi connectivity index (χ1v) is 8.23. The van der Waals surface area contributed by atoms with E-state index in [1.165, 1.54) is 12.1 Å². The Morgan fingerprint density at radius 2 is 1.95 bits per heavy atom. The molecule has 0 fully saturated rings. The van der Waals surface area contributed by atoms with E-state index in [-0.39, 0.29) is 24.4 Å². The lowest BCUT2D eigenvalue weighted by Crippen LogP contribution is -2.42. The van der Waals surface area contributed by atoms with E-state index in [0.29, 0.717) is 0 Å². The zero-order chi connectivity index (χ0) is 16.3. The van der Waals surface area contributed by atoms with Crippen LogP contribution in [0.3, 0.4) is 0 Å². The van der Waals surface area contributed by atoms with Crippen LogP contribution in [0.2, 0.25) is 5.02 Å². The lowest BCUT2D eigenvalue weighted by molar-refractivity contribution is -0.149. The van der Waals surface area contributed by atoms with Crippen LogP contribution in [-0.4, -0.2) is 26.0 Å². The van der Waals surface area contributed by atoms with Crippen molar-refractivity contribution in [2.24, 2.45) is 5.41 Å². The highest BCUT2D eigenvalue weighted by molar-refractivity contribution is 7.89. The average Bonchev–Trinajstić information content (AvgIpc) is 2.43. The maximum absolute atomic E-state index is 13.8. The van der Waals surface area contributed by atoms with Crippen molar-refractivity contribution in [1.29, 1.82) is 0 Å². The molecule has 0 unspecified atom stereocenters. The number of sulfonamides is 1. The maximum atomic E-state index is 13.8. The van der Waals surface area contributed by atoms with Gasteiger partial charge in [-0.1, -0.05) is 31.5 Å². The van der Waals surface area contributed by atoms with Gasteiger partial charge >= 0.3 is 5.97 Å². The third-order valence-corrected chi connectivity index (χ3v) is 5.32. The summed E-state index contributed by atoms with van der Waals surface area (Å²) in [6, 6.07) is 3.61. The van der Waals surface area contributed by atoms with Gasteiger partial charge in [-0.25, -0.2) is 17.5 Å². The minimum absolute atomic E-state index is 0.249. The fourth-order valence-corrected chi connectivity index (χ4v) is 3.34. The number of rotatable bonds is 7. The topological polar surface area (TPSA) is 83.5 Å². The smallest absolute Gasteiger partial charge is 0.310 e. The van der Waals surface area contributed by atoms with Crippen molar-refractivity contribution < 1.29 is 22.7 Å². The van der Waals surface area contributed by atoms with Gasteiger partial charge in [0.25, 0.3) is 0 Å². The Kier molecular flexibility index (Phi) is 5.72. The van der Waals surface area contributed by atoms with Crippen LogP contribution in [0.25, 0.3) is 0 Å². The average molecular weight is 338 g/mol. The summed E-state index contributed by atoms with van der Waals surface area (Å²) in [4.78, 5) is 10.7. The first-order valence-electron chi connectivity index (χ1n) is 6.37. The molecule has 5 nitrogen and oxygen atoms in total. The molecular weight excluding hydrogens is 321 g/mol. The summed E-state index contributed by atoms with van der Waals surface area (Å²) in [5.74, 6) is -2.15. The standard InChI is InChI=1S/C13H17ClFNO4S/c1-3-13(4-2,12(17)18)8-16-21(19,20)10-7-5-6-9(14)11(10)15/h5-7,16H,3-4,8H2,1-2H3,(H,17,18). The molecule has 0 aliphatic carbocycles. The molecule has 0 spiro atoms. The number of hydrogen-bond acceptors (Lipinski definition) is 3. The van der Waals surface area contributed by atoms with Gasteiger partial charge in [0.15, 0.2) is 5.82 Å². The second-order valence-electron chi connectivity index (χ2n) is 4.67. The van der Waals surface area contributed by atoms with Gasteiger partial charge in [0.1, 0.15) is 4.90 Å². The largest absolute Gasteiger partial charge is 0.481 e. The molecular formula is C13H17ClFNO4S. The fraction of sp³-hybridized carbons (Fsp3) is 0.462. The van der Waals surface area contributed by atoms with E-state index in [1.54, 1.807) is 13.8 Å². The number of benzene rings is 1. The quantitative estimate of drug-likeness (QED) is 0.801. The highest BCUT2D eigenvalue weighted by atomic mass is 35.5. The van der Waals surface area contributed by atoms with Crippen LogP contribution in [0.15, 0.2) is 23.1 Å². The number of carbonyl (C=O) groups is 1. The monoisotopic (exact) mass is 337 g/mol. The van der Waals surface area contributed by atoms with Gasteiger partial charge in [-0.15, -0.1) is 0 Å². The Bertz CT molecular complexity index is 629. The Balaban J connectivity index is 3.06. The molecule has 0 saturated heterocycles. The summed E-state index contributed by atoms with van der Waals surface area (Å²) in [6.07, 6.45) is 0.499. The Morgan fingerprint density at radius 3 is 2.43 bits per heavy atom. The predicted octanol–water partition coefficient (Wildman–Crippen LogP) is 2.65. The van der Waals surface area contributed by atoms with Crippen molar-refractivity contribution in [2.45, 2.75) is 31.6 Å². The maximum Gasteiger partial charge on any atom is 0.310 e. The molecule has 0 aliphatic heterocycles. The summed E-state index contributed by atoms with van der Waals surface area (Å²) in [6.45, 7) is 3.00. The predicted molar refractivity (Wildman–Crippen MR) is 77.2 cm³/mol. The van der Waals surface area contributed by atoms with Gasteiger partial charge < -0.3 is 5.11 Å². The summed E-state index contributed by atoms with van der Waals surface area (Å²) < 4.78 is 40.1. The third kappa shape index (κ3) is 3.72. The summed E-state index contributed by atoms with van der Waals surface area (Å²) in [5.41, 5.74) is -1.22. The zero-order valence-corrected chi connectivity index (χ0v) is 13.3. The number of halogens is 2. The van der Waals surface area contributed by atoms with Gasteiger partial charge in [0.2, 0.25) is 10.0 Å². The van der Waals surface area contributed by atoms with E-state index in [9.17, 15) is 22.7 Å². The first-order chi connectivity index (χ1) is 9.70. The molecule has 21 heavy (non-hydrogen) atoms. The van der Waals surface area contributed by atoms with E-state index in [2.05, 4.69) is 4.72 Å². The van der Waals surface area contributed by atoms with Gasteiger partial charge in [-0.05, 0) is 25.0 Å². The van der Waals surface area contributed by atoms with Crippen molar-refractivity contribution in [3.8, 4) is 0 Å². The molecule has 0 amide bonds. The first kappa shape index (κ1) is 17.9. The Morgan fingerprint density at radius 1 is 1.38 bits per heavy atom. The van der Waals surface area contributed by atoms with Crippen LogP contribution in [0.5, 0.6) is 0 Å². The lowest BCUT2D eigenvalue weighted by Gasteiger charge is -2.26. The molecule has 0 saturated carbocycles. The fourth-order valence-electron chi connectivity index (χ4n) is 1.88. The van der Waals surface area contributed by atoms with Gasteiger partial charge in [-0.3, -0.25) is 4.79 Å². The number of nitrogens with one attached hydrogen (secondary N) is 1. The van der Waals surface area contributed by atoms with Crippen LogP contribution in [0.1, 0.15) is 26.7 Å². The van der Waals surface area contributed by atoms with Crippen LogP contribution >= 0.6 is 11.6 Å². The van der Waals surface area contributed by atoms with Crippen molar-refractivity contribution in [2.75, 3.05) is 6.54 Å². The van der Waals surface area contributed by atoms with Crippen LogP contribution in [-0.2, 0) is 14.8 Å². The van der Waals surface area contributed by atoms with Gasteiger partial charge in [-0.2, -0.15) is 0 Å². The van der Waals surface area contributed by atoms with E-state index in [0.717, 1.165) is 6.07 Å². The molecule has 0 aliphatic rings. The molecule has 1 aromatic carbocycles. The molecule has 118 valence electrons. The van der Waals surface area contributed by atoms with E-state index in [1.807, 2.05) is 0 Å². The van der Waals surface area contributed by atoms with Crippen molar-refractivity contribution in [1.82, 2.24) is 4.72 Å². The van der Waals surface area contributed by atoms with Crippen molar-refractivity contribution in [3.05, 3.63) is 29.0 Å². The molecule has 0 radical (unpaired) electrons. The SMILES string of the molecule is CCC(CC)(CNS(=O)(=O)c1cccc(Cl)c1F)C(=O)O. The number of hydrogen-bond donors (Lipinski definition) is 2. The summed E-state index contributed by atoms with van der Waals surface area (Å²) in [7, 11) is -4.17. The Labute approximate surface area is 128 Å².